The van der Waals surface area contributed by atoms with E-state index < -0.39 is 10.0 Å². The van der Waals surface area contributed by atoms with Gasteiger partial charge in [-0.2, -0.15) is 10.1 Å². The van der Waals surface area contributed by atoms with E-state index in [1.807, 2.05) is 36.4 Å². The lowest BCUT2D eigenvalue weighted by atomic mass is 10.1. The fourth-order valence-electron chi connectivity index (χ4n) is 3.21. The van der Waals surface area contributed by atoms with E-state index in [9.17, 15) is 13.2 Å². The molecule has 0 amide bonds. The van der Waals surface area contributed by atoms with Crippen molar-refractivity contribution in [3.05, 3.63) is 53.9 Å². The fraction of sp³-hybridized carbons (Fsp3) is 0.150. The Balaban J connectivity index is 1.65. The molecule has 0 spiro atoms. The van der Waals surface area contributed by atoms with E-state index in [2.05, 4.69) is 9.71 Å². The van der Waals surface area contributed by atoms with Crippen LogP contribution in [-0.4, -0.2) is 34.9 Å². The smallest absolute Gasteiger partial charge is 0.299 e. The molecule has 1 aliphatic rings. The zero-order valence-corrected chi connectivity index (χ0v) is 17.2. The van der Waals surface area contributed by atoms with Crippen LogP contribution in [0.2, 0.25) is 0 Å². The Hall–Kier alpha value is -3.24. The van der Waals surface area contributed by atoms with Gasteiger partial charge >= 0.3 is 0 Å². The third kappa shape index (κ3) is 3.44. The van der Waals surface area contributed by atoms with Gasteiger partial charge < -0.3 is 4.74 Å². The van der Waals surface area contributed by atoms with Gasteiger partial charge in [0.15, 0.2) is 0 Å². The Labute approximate surface area is 176 Å². The summed E-state index contributed by atoms with van der Waals surface area (Å²) < 4.78 is 33.8. The maximum atomic E-state index is 12.4. The Kier molecular flexibility index (Phi) is 4.52. The number of rotatable bonds is 7. The summed E-state index contributed by atoms with van der Waals surface area (Å²) in [6.45, 7) is 0.320. The first-order chi connectivity index (χ1) is 14.5. The molecule has 0 bridgehead atoms. The minimum Gasteiger partial charge on any atom is -0.409 e. The normalized spacial score (nSPS) is 14.0. The number of carbonyl (C=O) groups excluding carboxylic acids is 1. The number of nitrogens with one attached hydrogen (secondary N) is 1. The number of benzene rings is 2. The average molecular weight is 441 g/mol. The van der Waals surface area contributed by atoms with Crippen LogP contribution in [0.3, 0.4) is 0 Å². The zero-order chi connectivity index (χ0) is 20.7. The maximum Gasteiger partial charge on any atom is 0.299 e. The van der Waals surface area contributed by atoms with E-state index in [1.54, 1.807) is 22.2 Å². The van der Waals surface area contributed by atoms with Gasteiger partial charge in [0.1, 0.15) is 5.69 Å². The number of ether oxygens (including phenoxy) is 1. The molecule has 5 rings (SSSR count). The summed E-state index contributed by atoms with van der Waals surface area (Å²) in [5, 5.41) is 7.37. The molecule has 1 N–H and O–H groups in total. The van der Waals surface area contributed by atoms with Gasteiger partial charge in [0.2, 0.25) is 21.0 Å². The van der Waals surface area contributed by atoms with Crippen LogP contribution >= 0.6 is 11.3 Å². The van der Waals surface area contributed by atoms with Crippen molar-refractivity contribution in [3.8, 4) is 22.3 Å². The van der Waals surface area contributed by atoms with Gasteiger partial charge in [-0.1, -0.05) is 41.7 Å². The third-order valence-electron chi connectivity index (χ3n) is 4.77. The lowest BCUT2D eigenvalue weighted by Gasteiger charge is -2.07. The second-order valence-corrected chi connectivity index (χ2v) is 9.68. The van der Waals surface area contributed by atoms with Crippen LogP contribution in [0.25, 0.3) is 27.3 Å². The van der Waals surface area contributed by atoms with Crippen LogP contribution in [0.1, 0.15) is 12.8 Å². The van der Waals surface area contributed by atoms with Crippen molar-refractivity contribution in [2.75, 3.05) is 4.72 Å². The summed E-state index contributed by atoms with van der Waals surface area (Å²) in [4.78, 5) is 14.9. The van der Waals surface area contributed by atoms with E-state index in [1.165, 1.54) is 11.3 Å². The third-order valence-corrected chi connectivity index (χ3v) is 7.44. The van der Waals surface area contributed by atoms with Crippen molar-refractivity contribution in [1.82, 2.24) is 14.8 Å². The van der Waals surface area contributed by atoms with Crippen molar-refractivity contribution >= 4 is 44.4 Å². The highest BCUT2D eigenvalue weighted by molar-refractivity contribution is 7.93. The topological polar surface area (TPSA) is 103 Å². The van der Waals surface area contributed by atoms with Gasteiger partial charge in [-0.15, -0.1) is 0 Å². The summed E-state index contributed by atoms with van der Waals surface area (Å²) in [6.07, 6.45) is 1.37. The first-order valence-corrected chi connectivity index (χ1v) is 11.6. The Bertz CT molecular complexity index is 1340. The highest BCUT2D eigenvalue weighted by atomic mass is 32.2. The van der Waals surface area contributed by atoms with Crippen molar-refractivity contribution in [2.24, 2.45) is 0 Å². The van der Waals surface area contributed by atoms with Crippen LogP contribution in [-0.2, 0) is 14.8 Å². The molecule has 1 saturated carbocycles. The number of nitrogens with zero attached hydrogens (tertiary/aromatic N) is 3. The molecule has 4 aromatic rings. The van der Waals surface area contributed by atoms with Gasteiger partial charge in [0, 0.05) is 10.9 Å². The second kappa shape index (κ2) is 7.22. The molecule has 2 aromatic carbocycles. The largest absolute Gasteiger partial charge is 0.409 e. The Morgan fingerprint density at radius 1 is 1.17 bits per heavy atom. The lowest BCUT2D eigenvalue weighted by molar-refractivity contribution is -0.120. The molecule has 2 heterocycles. The van der Waals surface area contributed by atoms with Crippen molar-refractivity contribution in [1.29, 1.82) is 0 Å². The molecule has 0 radical (unpaired) electrons. The predicted molar refractivity (Wildman–Crippen MR) is 114 cm³/mol. The fourth-order valence-corrected chi connectivity index (χ4v) is 5.29. The number of hydrogen-bond acceptors (Lipinski definition) is 7. The van der Waals surface area contributed by atoms with E-state index >= 15 is 0 Å². The lowest BCUT2D eigenvalue weighted by Crippen LogP contribution is -2.17. The average Bonchev–Trinajstić information content (AvgIpc) is 3.41. The number of carbonyl (C=O) groups is 1. The van der Waals surface area contributed by atoms with Gasteiger partial charge in [-0.05, 0) is 31.0 Å². The number of anilines is 1. The van der Waals surface area contributed by atoms with Gasteiger partial charge in [-0.25, -0.2) is 13.1 Å². The van der Waals surface area contributed by atoms with Crippen molar-refractivity contribution in [2.45, 2.75) is 18.1 Å². The molecule has 30 heavy (non-hydrogen) atoms. The highest BCUT2D eigenvalue weighted by Crippen LogP contribution is 2.34. The molecular weight excluding hydrogens is 424 g/mol. The number of hydrogen-bond donors (Lipinski definition) is 1. The summed E-state index contributed by atoms with van der Waals surface area (Å²) in [7, 11) is -3.39. The van der Waals surface area contributed by atoms with Crippen LogP contribution < -0.4 is 9.46 Å². The van der Waals surface area contributed by atoms with E-state index in [0.29, 0.717) is 35.6 Å². The van der Waals surface area contributed by atoms with Crippen LogP contribution in [0.4, 0.5) is 5.69 Å². The van der Waals surface area contributed by atoms with E-state index in [4.69, 9.17) is 9.84 Å². The monoisotopic (exact) mass is 440 g/mol. The number of thiazole rings is 1. The van der Waals surface area contributed by atoms with Gasteiger partial charge in [0.05, 0.1) is 21.8 Å². The first kappa shape index (κ1) is 18.8. The summed E-state index contributed by atoms with van der Waals surface area (Å²) in [5.41, 5.74) is 2.83. The minimum absolute atomic E-state index is 0.181. The summed E-state index contributed by atoms with van der Waals surface area (Å²) in [6, 6.07) is 15.0. The zero-order valence-electron chi connectivity index (χ0n) is 15.6. The second-order valence-electron chi connectivity index (χ2n) is 6.89. The molecule has 1 aliphatic carbocycles. The predicted octanol–water partition coefficient (Wildman–Crippen LogP) is 3.59. The first-order valence-electron chi connectivity index (χ1n) is 9.21. The molecule has 8 nitrogen and oxygen atoms in total. The number of fused-ring (bicyclic) bond motifs is 1. The molecule has 0 atom stereocenters. The summed E-state index contributed by atoms with van der Waals surface area (Å²) in [5.74, 6) is 0.181. The van der Waals surface area contributed by atoms with E-state index in [0.717, 1.165) is 16.6 Å². The Morgan fingerprint density at radius 2 is 1.97 bits per heavy atom. The molecular formula is C20H16N4O4S2. The van der Waals surface area contributed by atoms with Gasteiger partial charge in [0.25, 0.3) is 6.47 Å². The molecule has 10 heteroatoms. The minimum atomic E-state index is -3.39. The van der Waals surface area contributed by atoms with E-state index in [-0.39, 0.29) is 11.1 Å². The molecule has 0 unspecified atom stereocenters. The van der Waals surface area contributed by atoms with Crippen LogP contribution in [0.5, 0.6) is 5.88 Å². The molecule has 0 aliphatic heterocycles. The maximum absolute atomic E-state index is 12.4. The molecule has 152 valence electrons. The number of sulfonamides is 1. The van der Waals surface area contributed by atoms with Gasteiger partial charge in [-0.3, -0.25) is 9.52 Å². The SMILES string of the molecule is O=COc1csc(-n2nc(-c3ccccc3)c3ccc(NS(=O)(=O)C4CC4)cc32)n1. The standard InChI is InChI=1S/C20H16N4O4S2/c25-12-28-18-11-29-20(21-18)24-17-10-14(23-30(26,27)15-7-8-15)6-9-16(17)19(22-24)13-4-2-1-3-5-13/h1-6,9-12,15,23H,7-8H2. The van der Waals surface area contributed by atoms with Crippen molar-refractivity contribution < 1.29 is 17.9 Å². The molecule has 2 aromatic heterocycles. The highest BCUT2D eigenvalue weighted by Gasteiger charge is 2.35. The molecule has 0 saturated heterocycles. The quantitative estimate of drug-likeness (QED) is 0.441. The van der Waals surface area contributed by atoms with Crippen LogP contribution in [0, 0.1) is 0 Å². The summed E-state index contributed by atoms with van der Waals surface area (Å²) >= 11 is 1.27. The Morgan fingerprint density at radius 3 is 2.70 bits per heavy atom. The van der Waals surface area contributed by atoms with Crippen molar-refractivity contribution in [3.63, 3.8) is 0 Å². The molecule has 1 fully saturated rings. The number of aromatic nitrogens is 3. The van der Waals surface area contributed by atoms with Crippen LogP contribution in [0.15, 0.2) is 53.9 Å².